The molecule has 8 heteroatoms. The van der Waals surface area contributed by atoms with Gasteiger partial charge >= 0.3 is 0 Å². The molecule has 2 unspecified atom stereocenters. The molecule has 8 rings (SSSR count). The highest BCUT2D eigenvalue weighted by molar-refractivity contribution is 7.97. The van der Waals surface area contributed by atoms with Crippen LogP contribution in [0.4, 0.5) is 0 Å². The second kappa shape index (κ2) is 11.9. The Bertz CT molecular complexity index is 1660. The van der Waals surface area contributed by atoms with Gasteiger partial charge in [-0.3, -0.25) is 14.3 Å². The quantitative estimate of drug-likeness (QED) is 0.208. The summed E-state index contributed by atoms with van der Waals surface area (Å²) in [5.41, 5.74) is 6.71. The van der Waals surface area contributed by atoms with E-state index >= 15 is 0 Å². The summed E-state index contributed by atoms with van der Waals surface area (Å²) in [6.07, 6.45) is 12.6. The van der Waals surface area contributed by atoms with Crippen LogP contribution < -0.4 is 14.8 Å². The summed E-state index contributed by atoms with van der Waals surface area (Å²) in [5, 5.41) is 5.02. The first kappa shape index (κ1) is 30.4. The number of methoxy groups -OCH3 is 1. The highest BCUT2D eigenvalue weighted by atomic mass is 32.2. The van der Waals surface area contributed by atoms with Crippen molar-refractivity contribution in [3.05, 3.63) is 53.1 Å². The van der Waals surface area contributed by atoms with Crippen molar-refractivity contribution in [1.82, 2.24) is 19.5 Å². The molecule has 1 spiro atoms. The number of amides is 2. The van der Waals surface area contributed by atoms with Crippen LogP contribution in [0.25, 0.3) is 22.2 Å². The lowest BCUT2D eigenvalue weighted by Crippen LogP contribution is -2.53. The Morgan fingerprint density at radius 3 is 2.61 bits per heavy atom. The van der Waals surface area contributed by atoms with Crippen LogP contribution in [0.1, 0.15) is 111 Å². The number of likely N-dealkylation sites (tertiary alicyclic amines) is 1. The normalized spacial score (nSPS) is 25.1. The molecule has 0 radical (unpaired) electrons. The minimum absolute atomic E-state index is 0.0493. The smallest absolute Gasteiger partial charge is 0.261 e. The monoisotopic (exact) mass is 640 g/mol. The van der Waals surface area contributed by atoms with Crippen LogP contribution in [0.3, 0.4) is 0 Å². The number of aromatic nitrogens is 1. The number of carbonyl (C=O) groups excluding carboxylic acids is 2. The predicted octanol–water partition coefficient (Wildman–Crippen LogP) is 7.38. The van der Waals surface area contributed by atoms with Gasteiger partial charge in [-0.15, -0.1) is 0 Å². The zero-order valence-electron chi connectivity index (χ0n) is 27.5. The van der Waals surface area contributed by atoms with E-state index in [1.807, 2.05) is 6.07 Å². The summed E-state index contributed by atoms with van der Waals surface area (Å²) in [6, 6.07) is 12.9. The molecule has 244 valence electrons. The van der Waals surface area contributed by atoms with Crippen molar-refractivity contribution in [2.24, 2.45) is 5.41 Å². The van der Waals surface area contributed by atoms with Gasteiger partial charge in [0.05, 0.1) is 18.2 Å². The van der Waals surface area contributed by atoms with Crippen molar-refractivity contribution in [3.8, 4) is 17.0 Å². The van der Waals surface area contributed by atoms with E-state index < -0.39 is 5.41 Å². The standard InChI is InChI=1S/C38H48N4O3S/c1-3-20-46-40-35(43)26-10-12-29-32(21-26)42-24-38(36(44)41-18-15-37(16-19-41)14-7-17-39-37)23-31(38)30-22-27(45-2)11-13-28(30)34(42)33(29)25-8-5-4-6-9-25/h10-13,21-22,25,31,39H,3-9,14-20,23-24H2,1-2H3,(H,40,43). The van der Waals surface area contributed by atoms with Crippen LogP contribution in [0.2, 0.25) is 0 Å². The van der Waals surface area contributed by atoms with Crippen LogP contribution in [-0.4, -0.2) is 59.3 Å². The molecule has 3 aliphatic heterocycles. The lowest BCUT2D eigenvalue weighted by atomic mass is 9.81. The molecule has 2 atom stereocenters. The fraction of sp³-hybridized carbons (Fsp3) is 0.579. The molecule has 2 N–H and O–H groups in total. The van der Waals surface area contributed by atoms with Gasteiger partial charge in [0.15, 0.2) is 0 Å². The number of piperidine rings is 1. The van der Waals surface area contributed by atoms with Crippen molar-refractivity contribution in [2.45, 2.75) is 101 Å². The van der Waals surface area contributed by atoms with Gasteiger partial charge in [-0.05, 0) is 105 Å². The maximum absolute atomic E-state index is 14.8. The molecular formula is C38H48N4O3S. The highest BCUT2D eigenvalue weighted by Gasteiger charge is 2.64. The van der Waals surface area contributed by atoms with E-state index in [1.54, 1.807) is 7.11 Å². The van der Waals surface area contributed by atoms with Gasteiger partial charge in [-0.2, -0.15) is 0 Å². The second-order valence-electron chi connectivity index (χ2n) is 14.7. The lowest BCUT2D eigenvalue weighted by Gasteiger charge is -2.41. The third-order valence-corrected chi connectivity index (χ3v) is 13.0. The van der Waals surface area contributed by atoms with Gasteiger partial charge < -0.3 is 19.5 Å². The average molecular weight is 641 g/mol. The van der Waals surface area contributed by atoms with E-state index in [-0.39, 0.29) is 17.4 Å². The number of ether oxygens (including phenoxy) is 1. The third kappa shape index (κ3) is 4.97. The van der Waals surface area contributed by atoms with E-state index in [0.717, 1.165) is 62.3 Å². The Hall–Kier alpha value is -2.97. The first-order valence-corrected chi connectivity index (χ1v) is 18.8. The van der Waals surface area contributed by atoms with Crippen molar-refractivity contribution in [3.63, 3.8) is 0 Å². The Kier molecular flexibility index (Phi) is 7.87. The number of benzene rings is 2. The largest absolute Gasteiger partial charge is 0.497 e. The van der Waals surface area contributed by atoms with Crippen molar-refractivity contribution < 1.29 is 14.3 Å². The van der Waals surface area contributed by atoms with Gasteiger partial charge in [-0.25, -0.2) is 0 Å². The second-order valence-corrected chi connectivity index (χ2v) is 15.6. The maximum Gasteiger partial charge on any atom is 0.261 e. The zero-order chi connectivity index (χ0) is 31.5. The molecule has 7 nitrogen and oxygen atoms in total. The molecule has 2 saturated carbocycles. The first-order valence-electron chi connectivity index (χ1n) is 17.8. The molecule has 0 bridgehead atoms. The average Bonchev–Trinajstić information content (AvgIpc) is 3.55. The molecule has 3 aromatic rings. The lowest BCUT2D eigenvalue weighted by molar-refractivity contribution is -0.139. The summed E-state index contributed by atoms with van der Waals surface area (Å²) in [4.78, 5) is 30.3. The highest BCUT2D eigenvalue weighted by Crippen LogP contribution is 2.66. The zero-order valence-corrected chi connectivity index (χ0v) is 28.3. The fourth-order valence-electron chi connectivity index (χ4n) is 9.45. The maximum atomic E-state index is 14.8. The number of hydrogen-bond donors (Lipinski definition) is 2. The molecule has 4 fully saturated rings. The Morgan fingerprint density at radius 1 is 1.04 bits per heavy atom. The van der Waals surface area contributed by atoms with Gasteiger partial charge in [0.2, 0.25) is 5.91 Å². The van der Waals surface area contributed by atoms with E-state index in [1.165, 1.54) is 84.7 Å². The van der Waals surface area contributed by atoms with Gasteiger partial charge in [0.25, 0.3) is 5.91 Å². The first-order chi connectivity index (χ1) is 22.5. The molecule has 2 aromatic carbocycles. The number of rotatable bonds is 7. The predicted molar refractivity (Wildman–Crippen MR) is 186 cm³/mol. The van der Waals surface area contributed by atoms with E-state index in [2.05, 4.69) is 56.8 Å². The molecule has 2 aliphatic carbocycles. The Labute approximate surface area is 277 Å². The summed E-state index contributed by atoms with van der Waals surface area (Å²) in [7, 11) is 1.74. The van der Waals surface area contributed by atoms with Gasteiger partial charge in [0, 0.05) is 58.9 Å². The van der Waals surface area contributed by atoms with Crippen LogP contribution in [0.15, 0.2) is 36.4 Å². The van der Waals surface area contributed by atoms with Crippen LogP contribution in [-0.2, 0) is 11.3 Å². The van der Waals surface area contributed by atoms with E-state index in [0.29, 0.717) is 23.9 Å². The third-order valence-electron chi connectivity index (χ3n) is 12.0. The number of fused-ring (bicyclic) bond motifs is 7. The van der Waals surface area contributed by atoms with Crippen LogP contribution in [0, 0.1) is 5.41 Å². The molecule has 1 aromatic heterocycles. The molecule has 5 aliphatic rings. The van der Waals surface area contributed by atoms with E-state index in [4.69, 9.17) is 4.74 Å². The van der Waals surface area contributed by atoms with E-state index in [9.17, 15) is 9.59 Å². The number of hydrogen-bond acceptors (Lipinski definition) is 5. The number of nitrogens with one attached hydrogen (secondary N) is 2. The van der Waals surface area contributed by atoms with Crippen molar-refractivity contribution >= 4 is 34.7 Å². The fourth-order valence-corrected chi connectivity index (χ4v) is 10.0. The summed E-state index contributed by atoms with van der Waals surface area (Å²) >= 11 is 1.48. The molecule has 46 heavy (non-hydrogen) atoms. The summed E-state index contributed by atoms with van der Waals surface area (Å²) < 4.78 is 11.3. The SMILES string of the molecule is CCCSNC(=O)c1ccc2c(C3CCCCC3)c3n(c2c1)CC1(C(=O)N2CCC4(CCCN4)CC2)CC1c1cc(OC)ccc1-3. The molecule has 4 heterocycles. The topological polar surface area (TPSA) is 75.6 Å². The van der Waals surface area contributed by atoms with Gasteiger partial charge in [0.1, 0.15) is 5.75 Å². The van der Waals surface area contributed by atoms with Gasteiger partial charge in [-0.1, -0.05) is 44.2 Å². The minimum atomic E-state index is -0.481. The minimum Gasteiger partial charge on any atom is -0.497 e. The molecular weight excluding hydrogens is 593 g/mol. The van der Waals surface area contributed by atoms with Crippen LogP contribution in [0.5, 0.6) is 5.75 Å². The Balaban J connectivity index is 1.26. The molecule has 2 amide bonds. The summed E-state index contributed by atoms with van der Waals surface area (Å²) in [6.45, 7) is 5.54. The Morgan fingerprint density at radius 2 is 1.87 bits per heavy atom. The number of carbonyl (C=O) groups is 2. The summed E-state index contributed by atoms with van der Waals surface area (Å²) in [5.74, 6) is 2.65. The van der Waals surface area contributed by atoms with Crippen molar-refractivity contribution in [1.29, 1.82) is 0 Å². The molecule has 2 saturated heterocycles. The van der Waals surface area contributed by atoms with Crippen LogP contribution >= 0.6 is 11.9 Å². The number of nitrogens with zero attached hydrogens (tertiary/aromatic N) is 2. The van der Waals surface area contributed by atoms with Crippen molar-refractivity contribution in [2.75, 3.05) is 32.5 Å².